The highest BCUT2D eigenvalue weighted by Gasteiger charge is 2.40. The Hall–Kier alpha value is -1.10. The molecule has 5 nitrogen and oxygen atoms in total. The van der Waals surface area contributed by atoms with Gasteiger partial charge in [0.25, 0.3) is 0 Å². The van der Waals surface area contributed by atoms with Crippen LogP contribution in [0.2, 0.25) is 0 Å². The molecule has 106 valence electrons. The molecule has 1 atom stereocenters. The van der Waals surface area contributed by atoms with Gasteiger partial charge < -0.3 is 10.2 Å². The van der Waals surface area contributed by atoms with Crippen molar-refractivity contribution in [2.45, 2.75) is 71.5 Å². The van der Waals surface area contributed by atoms with Crippen LogP contribution < -0.4 is 0 Å². The van der Waals surface area contributed by atoms with E-state index in [1.54, 1.807) is 0 Å². The molecule has 0 aliphatic heterocycles. The topological polar surface area (TPSA) is 77.8 Å². The number of carbonyl (C=O) groups is 2. The van der Waals surface area contributed by atoms with Gasteiger partial charge in [0.2, 0.25) is 0 Å². The zero-order valence-corrected chi connectivity index (χ0v) is 12.1. The lowest BCUT2D eigenvalue weighted by Gasteiger charge is -2.48. The van der Waals surface area contributed by atoms with Crippen molar-refractivity contribution in [1.29, 1.82) is 0 Å². The summed E-state index contributed by atoms with van der Waals surface area (Å²) in [4.78, 5) is 23.9. The van der Waals surface area contributed by atoms with Crippen LogP contribution in [0.25, 0.3) is 0 Å². The maximum Gasteiger partial charge on any atom is 0.320 e. The molecule has 0 saturated heterocycles. The van der Waals surface area contributed by atoms with Gasteiger partial charge in [-0.15, -0.1) is 0 Å². The highest BCUT2D eigenvalue weighted by Crippen LogP contribution is 2.29. The first-order valence-electron chi connectivity index (χ1n) is 6.11. The fourth-order valence-electron chi connectivity index (χ4n) is 2.56. The lowest BCUT2D eigenvalue weighted by atomic mass is 9.91. The summed E-state index contributed by atoms with van der Waals surface area (Å²) in [5, 5.41) is 18.1. The highest BCUT2D eigenvalue weighted by atomic mass is 16.4. The van der Waals surface area contributed by atoms with Gasteiger partial charge in [-0.05, 0) is 48.0 Å². The molecule has 0 aliphatic rings. The summed E-state index contributed by atoms with van der Waals surface area (Å²) in [6, 6.07) is -0.791. The average Bonchev–Trinajstić information content (AvgIpc) is 2.06. The molecule has 18 heavy (non-hydrogen) atoms. The van der Waals surface area contributed by atoms with Crippen molar-refractivity contribution < 1.29 is 19.8 Å². The first-order chi connectivity index (χ1) is 7.87. The normalized spacial score (nSPS) is 14.6. The van der Waals surface area contributed by atoms with Gasteiger partial charge in [0.05, 0.1) is 0 Å². The van der Waals surface area contributed by atoms with Gasteiger partial charge in [-0.25, -0.2) is 0 Å². The largest absolute Gasteiger partial charge is 0.481 e. The van der Waals surface area contributed by atoms with E-state index in [0.717, 1.165) is 0 Å². The van der Waals surface area contributed by atoms with Crippen LogP contribution >= 0.6 is 0 Å². The van der Waals surface area contributed by atoms with E-state index in [0.29, 0.717) is 0 Å². The molecule has 0 rings (SSSR count). The van der Waals surface area contributed by atoms with E-state index in [4.69, 9.17) is 5.11 Å². The van der Waals surface area contributed by atoms with E-state index in [2.05, 4.69) is 0 Å². The molecular formula is C13H25NO4. The molecule has 0 spiro atoms. The summed E-state index contributed by atoms with van der Waals surface area (Å²) in [7, 11) is 0. The van der Waals surface area contributed by atoms with Gasteiger partial charge in [0.15, 0.2) is 0 Å². The Morgan fingerprint density at radius 2 is 1.39 bits per heavy atom. The second-order valence-corrected chi connectivity index (χ2v) is 6.50. The van der Waals surface area contributed by atoms with E-state index in [-0.39, 0.29) is 23.9 Å². The van der Waals surface area contributed by atoms with Gasteiger partial charge in [-0.1, -0.05) is 0 Å². The molecule has 0 aromatic heterocycles. The predicted octanol–water partition coefficient (Wildman–Crippen LogP) is 2.20. The average molecular weight is 259 g/mol. The van der Waals surface area contributed by atoms with E-state index in [1.807, 2.05) is 46.4 Å². The van der Waals surface area contributed by atoms with Crippen molar-refractivity contribution in [3.63, 3.8) is 0 Å². The molecule has 0 saturated carbocycles. The van der Waals surface area contributed by atoms with E-state index in [9.17, 15) is 14.7 Å². The van der Waals surface area contributed by atoms with Crippen molar-refractivity contribution in [2.24, 2.45) is 0 Å². The van der Waals surface area contributed by atoms with Crippen LogP contribution in [0.3, 0.4) is 0 Å². The maximum atomic E-state index is 11.4. The fourth-order valence-corrected chi connectivity index (χ4v) is 2.56. The Bertz CT molecular complexity index is 298. The molecule has 0 aromatic rings. The second-order valence-electron chi connectivity index (χ2n) is 6.50. The summed E-state index contributed by atoms with van der Waals surface area (Å²) >= 11 is 0. The minimum absolute atomic E-state index is 0.110. The van der Waals surface area contributed by atoms with Crippen LogP contribution in [-0.4, -0.2) is 44.2 Å². The molecule has 0 aliphatic carbocycles. The molecule has 2 N–H and O–H groups in total. The van der Waals surface area contributed by atoms with Crippen LogP contribution in [0.15, 0.2) is 0 Å². The molecule has 0 bridgehead atoms. The number of aliphatic carboxylic acids is 2. The molecule has 0 unspecified atom stereocenters. The zero-order valence-electron chi connectivity index (χ0n) is 12.1. The molecule has 0 fully saturated rings. The van der Waals surface area contributed by atoms with Crippen LogP contribution in [0.5, 0.6) is 0 Å². The summed E-state index contributed by atoms with van der Waals surface area (Å²) in [6.07, 6.45) is -0.0289. The smallest absolute Gasteiger partial charge is 0.320 e. The van der Waals surface area contributed by atoms with Gasteiger partial charge >= 0.3 is 11.9 Å². The fraction of sp³-hybridized carbons (Fsp3) is 0.846. The monoisotopic (exact) mass is 259 g/mol. The number of rotatable bonds is 5. The third-order valence-electron chi connectivity index (χ3n) is 2.67. The van der Waals surface area contributed by atoms with E-state index >= 15 is 0 Å². The number of hydrogen-bond acceptors (Lipinski definition) is 3. The lowest BCUT2D eigenvalue weighted by Crippen LogP contribution is -2.60. The van der Waals surface area contributed by atoms with Gasteiger partial charge in [-0.2, -0.15) is 0 Å². The van der Waals surface area contributed by atoms with E-state index < -0.39 is 18.0 Å². The first-order valence-corrected chi connectivity index (χ1v) is 6.11. The quantitative estimate of drug-likeness (QED) is 0.791. The van der Waals surface area contributed by atoms with Crippen LogP contribution in [0, 0.1) is 0 Å². The number of carboxylic acids is 2. The number of hydrogen-bond donors (Lipinski definition) is 2. The first kappa shape index (κ1) is 16.9. The van der Waals surface area contributed by atoms with Gasteiger partial charge in [0, 0.05) is 17.5 Å². The Balaban J connectivity index is 5.25. The SMILES string of the molecule is CC(C)(C)N([C@@H](CCC(=O)O)C(=O)O)C(C)(C)C. The minimum atomic E-state index is -0.971. The molecule has 0 aromatic carbocycles. The molecule has 0 amide bonds. The van der Waals surface area contributed by atoms with Crippen molar-refractivity contribution in [3.05, 3.63) is 0 Å². The van der Waals surface area contributed by atoms with Crippen LogP contribution in [0.1, 0.15) is 54.4 Å². The van der Waals surface area contributed by atoms with Crippen molar-refractivity contribution in [1.82, 2.24) is 4.90 Å². The summed E-state index contributed by atoms with van der Waals surface area (Å²) in [5.41, 5.74) is -0.695. The Morgan fingerprint density at radius 1 is 1.00 bits per heavy atom. The lowest BCUT2D eigenvalue weighted by molar-refractivity contribution is -0.151. The number of nitrogens with zero attached hydrogens (tertiary/aromatic N) is 1. The Morgan fingerprint density at radius 3 is 1.61 bits per heavy atom. The molecular weight excluding hydrogens is 234 g/mol. The minimum Gasteiger partial charge on any atom is -0.481 e. The van der Waals surface area contributed by atoms with Crippen molar-refractivity contribution in [3.8, 4) is 0 Å². The van der Waals surface area contributed by atoms with Crippen molar-refractivity contribution in [2.75, 3.05) is 0 Å². The number of carboxylic acid groups (broad SMARTS) is 2. The Kier molecular flexibility index (Phi) is 5.35. The third-order valence-corrected chi connectivity index (χ3v) is 2.67. The van der Waals surface area contributed by atoms with Gasteiger partial charge in [-0.3, -0.25) is 14.5 Å². The summed E-state index contributed by atoms with van der Waals surface area (Å²) in [6.45, 7) is 11.6. The molecule has 0 heterocycles. The summed E-state index contributed by atoms with van der Waals surface area (Å²) < 4.78 is 0. The molecule has 5 heteroatoms. The second kappa shape index (κ2) is 5.69. The highest BCUT2D eigenvalue weighted by molar-refractivity contribution is 5.75. The Labute approximate surface area is 109 Å². The third kappa shape index (κ3) is 5.04. The predicted molar refractivity (Wildman–Crippen MR) is 69.6 cm³/mol. The zero-order chi connectivity index (χ0) is 14.7. The van der Waals surface area contributed by atoms with Crippen molar-refractivity contribution >= 4 is 11.9 Å². The maximum absolute atomic E-state index is 11.4. The van der Waals surface area contributed by atoms with Crippen LogP contribution in [-0.2, 0) is 9.59 Å². The van der Waals surface area contributed by atoms with Crippen LogP contribution in [0.4, 0.5) is 0 Å². The molecule has 0 radical (unpaired) electrons. The van der Waals surface area contributed by atoms with E-state index in [1.165, 1.54) is 0 Å². The summed E-state index contributed by atoms with van der Waals surface area (Å²) in [5.74, 6) is -1.94. The standard InChI is InChI=1S/C13H25NO4/c1-12(2,3)14(13(4,5)6)9(11(17)18)7-8-10(15)16/h9H,7-8H2,1-6H3,(H,15,16)(H,17,18)/t9-/m0/s1. The van der Waals surface area contributed by atoms with Gasteiger partial charge in [0.1, 0.15) is 6.04 Å².